The molecule has 0 saturated heterocycles. The van der Waals surface area contributed by atoms with Gasteiger partial charge >= 0.3 is 0 Å². The first-order valence-corrected chi connectivity index (χ1v) is 6.64. The first-order valence-electron chi connectivity index (χ1n) is 6.64. The Bertz CT molecular complexity index is 781. The Kier molecular flexibility index (Phi) is 3.35. The van der Waals surface area contributed by atoms with Crippen LogP contribution in [0.15, 0.2) is 36.7 Å². The molecule has 0 radical (unpaired) electrons. The van der Waals surface area contributed by atoms with Crippen LogP contribution in [-0.4, -0.2) is 21.7 Å². The van der Waals surface area contributed by atoms with Gasteiger partial charge in [0.25, 0.3) is 0 Å². The van der Waals surface area contributed by atoms with Crippen molar-refractivity contribution in [3.63, 3.8) is 0 Å². The fraction of sp³-hybridized carbons (Fsp3) is 0.200. The van der Waals surface area contributed by atoms with Crippen molar-refractivity contribution in [3.05, 3.63) is 47.9 Å². The molecule has 0 aliphatic rings. The number of nitrogen functional groups attached to an aromatic ring is 1. The summed E-state index contributed by atoms with van der Waals surface area (Å²) in [5, 5.41) is 7.68. The number of nitrogens with one attached hydrogen (secondary N) is 1. The van der Waals surface area contributed by atoms with E-state index in [9.17, 15) is 0 Å². The molecule has 0 aliphatic carbocycles. The van der Waals surface area contributed by atoms with E-state index in [1.807, 2.05) is 37.4 Å². The molecule has 0 spiro atoms. The maximum Gasteiger partial charge on any atom is 0.152 e. The topological polar surface area (TPSA) is 77.5 Å². The average Bonchev–Trinajstić information content (AvgIpc) is 2.86. The zero-order chi connectivity index (χ0) is 14.8. The van der Waals surface area contributed by atoms with E-state index in [4.69, 9.17) is 10.5 Å². The Morgan fingerprint density at radius 2 is 2.19 bits per heavy atom. The SMILES string of the molecule is COc1ccc(N)cc1CNc1nccn2nc(C)cc12. The number of rotatable bonds is 4. The number of methoxy groups -OCH3 is 1. The molecule has 3 aromatic rings. The van der Waals surface area contributed by atoms with Gasteiger partial charge < -0.3 is 15.8 Å². The highest BCUT2D eigenvalue weighted by atomic mass is 16.5. The lowest BCUT2D eigenvalue weighted by Gasteiger charge is -2.11. The van der Waals surface area contributed by atoms with Gasteiger partial charge in [-0.3, -0.25) is 0 Å². The van der Waals surface area contributed by atoms with Crippen LogP contribution in [-0.2, 0) is 6.54 Å². The van der Waals surface area contributed by atoms with E-state index in [1.54, 1.807) is 17.8 Å². The number of aromatic nitrogens is 3. The number of hydrogen-bond acceptors (Lipinski definition) is 5. The molecule has 3 rings (SSSR count). The predicted molar refractivity (Wildman–Crippen MR) is 82.5 cm³/mol. The molecule has 2 heterocycles. The first kappa shape index (κ1) is 13.2. The molecule has 6 nitrogen and oxygen atoms in total. The number of fused-ring (bicyclic) bond motifs is 1. The summed E-state index contributed by atoms with van der Waals surface area (Å²) in [5.74, 6) is 1.58. The third-order valence-corrected chi connectivity index (χ3v) is 3.26. The van der Waals surface area contributed by atoms with Gasteiger partial charge in [-0.25, -0.2) is 9.50 Å². The van der Waals surface area contributed by atoms with Gasteiger partial charge in [0.15, 0.2) is 5.82 Å². The highest BCUT2D eigenvalue weighted by Crippen LogP contribution is 2.23. The van der Waals surface area contributed by atoms with Gasteiger partial charge in [0, 0.05) is 30.2 Å². The van der Waals surface area contributed by atoms with E-state index < -0.39 is 0 Å². The van der Waals surface area contributed by atoms with Crippen LogP contribution in [0.3, 0.4) is 0 Å². The summed E-state index contributed by atoms with van der Waals surface area (Å²) in [6.07, 6.45) is 3.55. The van der Waals surface area contributed by atoms with Crippen molar-refractivity contribution >= 4 is 17.0 Å². The molecule has 0 fully saturated rings. The molecule has 0 atom stereocenters. The molecular formula is C15H17N5O. The predicted octanol–water partition coefficient (Wildman–Crippen LogP) is 2.24. The second-order valence-corrected chi connectivity index (χ2v) is 4.82. The summed E-state index contributed by atoms with van der Waals surface area (Å²) in [5.41, 5.74) is 9.42. The second kappa shape index (κ2) is 5.32. The zero-order valence-corrected chi connectivity index (χ0v) is 12.0. The third kappa shape index (κ3) is 2.60. The van der Waals surface area contributed by atoms with Crippen molar-refractivity contribution in [1.29, 1.82) is 0 Å². The molecule has 1 aromatic carbocycles. The van der Waals surface area contributed by atoms with E-state index in [1.165, 1.54) is 0 Å². The summed E-state index contributed by atoms with van der Waals surface area (Å²) in [7, 11) is 1.65. The summed E-state index contributed by atoms with van der Waals surface area (Å²) in [4.78, 5) is 4.37. The Balaban J connectivity index is 1.88. The van der Waals surface area contributed by atoms with Crippen LogP contribution in [0.5, 0.6) is 5.75 Å². The molecule has 2 aromatic heterocycles. The van der Waals surface area contributed by atoms with Gasteiger partial charge in [-0.15, -0.1) is 0 Å². The van der Waals surface area contributed by atoms with Crippen molar-refractivity contribution in [2.24, 2.45) is 0 Å². The number of ether oxygens (including phenoxy) is 1. The molecule has 0 amide bonds. The Labute approximate surface area is 122 Å². The van der Waals surface area contributed by atoms with Gasteiger partial charge in [0.05, 0.1) is 12.8 Å². The van der Waals surface area contributed by atoms with Crippen LogP contribution in [0.25, 0.3) is 5.52 Å². The number of anilines is 2. The van der Waals surface area contributed by atoms with Gasteiger partial charge in [-0.2, -0.15) is 5.10 Å². The molecule has 0 aliphatic heterocycles. The fourth-order valence-corrected chi connectivity index (χ4v) is 2.30. The average molecular weight is 283 g/mol. The summed E-state index contributed by atoms with van der Waals surface area (Å²) in [6.45, 7) is 2.53. The van der Waals surface area contributed by atoms with Gasteiger partial charge in [0.1, 0.15) is 11.3 Å². The number of aryl methyl sites for hydroxylation is 1. The normalized spacial score (nSPS) is 10.8. The Hall–Kier alpha value is -2.76. The minimum absolute atomic E-state index is 0.575. The quantitative estimate of drug-likeness (QED) is 0.718. The summed E-state index contributed by atoms with van der Waals surface area (Å²) < 4.78 is 7.15. The van der Waals surface area contributed by atoms with Crippen LogP contribution in [0, 0.1) is 6.92 Å². The van der Waals surface area contributed by atoms with Crippen molar-refractivity contribution < 1.29 is 4.74 Å². The van der Waals surface area contributed by atoms with E-state index in [-0.39, 0.29) is 0 Å². The van der Waals surface area contributed by atoms with Gasteiger partial charge in [0.2, 0.25) is 0 Å². The van der Waals surface area contributed by atoms with Crippen molar-refractivity contribution in [2.75, 3.05) is 18.2 Å². The van der Waals surface area contributed by atoms with E-state index >= 15 is 0 Å². The Morgan fingerprint density at radius 3 is 3.00 bits per heavy atom. The molecule has 0 unspecified atom stereocenters. The van der Waals surface area contributed by atoms with Gasteiger partial charge in [-0.1, -0.05) is 0 Å². The zero-order valence-electron chi connectivity index (χ0n) is 12.0. The highest BCUT2D eigenvalue weighted by molar-refractivity contribution is 5.68. The minimum atomic E-state index is 0.575. The summed E-state index contributed by atoms with van der Waals surface area (Å²) >= 11 is 0. The molecule has 0 bridgehead atoms. The van der Waals surface area contributed by atoms with Crippen LogP contribution >= 0.6 is 0 Å². The third-order valence-electron chi connectivity index (χ3n) is 3.26. The van der Waals surface area contributed by atoms with Crippen molar-refractivity contribution in [2.45, 2.75) is 13.5 Å². The second-order valence-electron chi connectivity index (χ2n) is 4.82. The van der Waals surface area contributed by atoms with Crippen LogP contribution in [0.4, 0.5) is 11.5 Å². The standard InChI is InChI=1S/C15H17N5O/c1-10-7-13-15(17-5-6-20(13)19-10)18-9-11-8-12(16)3-4-14(11)21-2/h3-8H,9,16H2,1-2H3,(H,17,18). The van der Waals surface area contributed by atoms with E-state index in [0.29, 0.717) is 12.2 Å². The smallest absolute Gasteiger partial charge is 0.152 e. The van der Waals surface area contributed by atoms with Gasteiger partial charge in [-0.05, 0) is 31.2 Å². The molecule has 108 valence electrons. The lowest BCUT2D eigenvalue weighted by Crippen LogP contribution is -2.05. The lowest BCUT2D eigenvalue weighted by molar-refractivity contribution is 0.410. The van der Waals surface area contributed by atoms with Crippen LogP contribution in [0.1, 0.15) is 11.3 Å². The number of hydrogen-bond donors (Lipinski definition) is 2. The largest absolute Gasteiger partial charge is 0.496 e. The number of benzene rings is 1. The Morgan fingerprint density at radius 1 is 1.33 bits per heavy atom. The van der Waals surface area contributed by atoms with Crippen LogP contribution in [0.2, 0.25) is 0 Å². The van der Waals surface area contributed by atoms with E-state index in [0.717, 1.165) is 28.3 Å². The summed E-state index contributed by atoms with van der Waals surface area (Å²) in [6, 6.07) is 7.57. The molecule has 21 heavy (non-hydrogen) atoms. The molecule has 3 N–H and O–H groups in total. The van der Waals surface area contributed by atoms with Crippen molar-refractivity contribution in [1.82, 2.24) is 14.6 Å². The minimum Gasteiger partial charge on any atom is -0.496 e. The highest BCUT2D eigenvalue weighted by Gasteiger charge is 2.07. The maximum absolute atomic E-state index is 5.83. The fourth-order valence-electron chi connectivity index (χ4n) is 2.30. The maximum atomic E-state index is 5.83. The molecule has 0 saturated carbocycles. The first-order chi connectivity index (χ1) is 10.2. The molecule has 6 heteroatoms. The number of nitrogens with two attached hydrogens (primary N) is 1. The number of nitrogens with zero attached hydrogens (tertiary/aromatic N) is 3. The van der Waals surface area contributed by atoms with Crippen LogP contribution < -0.4 is 15.8 Å². The monoisotopic (exact) mass is 283 g/mol. The van der Waals surface area contributed by atoms with E-state index in [2.05, 4.69) is 15.4 Å². The van der Waals surface area contributed by atoms with Crippen molar-refractivity contribution in [3.8, 4) is 5.75 Å². The lowest BCUT2D eigenvalue weighted by atomic mass is 10.1. The molecular weight excluding hydrogens is 266 g/mol.